The fourth-order valence-electron chi connectivity index (χ4n) is 4.28. The summed E-state index contributed by atoms with van der Waals surface area (Å²) in [4.78, 5) is 33.3. The number of nitrogens with one attached hydrogen (secondary N) is 2. The van der Waals surface area contributed by atoms with Crippen LogP contribution in [-0.2, 0) is 12.8 Å². The van der Waals surface area contributed by atoms with Crippen LogP contribution in [0.15, 0.2) is 47.8 Å². The Hall–Kier alpha value is -3.03. The number of fused-ring (bicyclic) bond motifs is 2. The van der Waals surface area contributed by atoms with Crippen LogP contribution in [0.4, 0.5) is 5.00 Å². The van der Waals surface area contributed by atoms with Crippen LogP contribution in [0.2, 0.25) is 0 Å². The minimum Gasteiger partial charge on any atom is -0.355 e. The van der Waals surface area contributed by atoms with Crippen molar-refractivity contribution in [1.29, 1.82) is 0 Å². The van der Waals surface area contributed by atoms with Gasteiger partial charge in [-0.1, -0.05) is 30.7 Å². The van der Waals surface area contributed by atoms with Gasteiger partial charge in [0.25, 0.3) is 11.8 Å². The molecular weight excluding hydrogens is 438 g/mol. The molecule has 4 aromatic rings. The zero-order chi connectivity index (χ0) is 22.1. The van der Waals surface area contributed by atoms with Gasteiger partial charge in [-0.05, 0) is 54.8 Å². The number of hydrogen-bond donors (Lipinski definition) is 2. The number of hydrogen-bond acceptors (Lipinski definition) is 5. The fraction of sp³-hybridized carbons (Fsp3) is 0.240. The monoisotopic (exact) mass is 461 g/mol. The molecule has 7 heteroatoms. The van der Waals surface area contributed by atoms with Crippen molar-refractivity contribution in [2.24, 2.45) is 0 Å². The number of aryl methyl sites for hydroxylation is 1. The minimum atomic E-state index is -0.219. The van der Waals surface area contributed by atoms with E-state index in [0.717, 1.165) is 52.7 Å². The Bertz CT molecular complexity index is 1310. The lowest BCUT2D eigenvalue weighted by atomic mass is 10.0. The maximum atomic E-state index is 13.5. The molecule has 0 saturated carbocycles. The first-order valence-electron chi connectivity index (χ1n) is 10.8. The van der Waals surface area contributed by atoms with Crippen LogP contribution in [0.25, 0.3) is 21.5 Å². The largest absolute Gasteiger partial charge is 0.355 e. The summed E-state index contributed by atoms with van der Waals surface area (Å²) in [6, 6.07) is 13.5. The van der Waals surface area contributed by atoms with Crippen LogP contribution >= 0.6 is 22.7 Å². The molecule has 0 unspecified atom stereocenters. The molecule has 0 radical (unpaired) electrons. The molecule has 1 aromatic carbocycles. The third-order valence-corrected chi connectivity index (χ3v) is 7.94. The maximum absolute atomic E-state index is 13.5. The average Bonchev–Trinajstić information content (AvgIpc) is 3.41. The Morgan fingerprint density at radius 1 is 1.00 bits per heavy atom. The number of aromatic nitrogens is 1. The molecular formula is C25H23N3O2S2. The third kappa shape index (κ3) is 3.82. The summed E-state index contributed by atoms with van der Waals surface area (Å²) < 4.78 is 0. The van der Waals surface area contributed by atoms with Crippen molar-refractivity contribution in [3.8, 4) is 10.6 Å². The van der Waals surface area contributed by atoms with Crippen molar-refractivity contribution in [2.45, 2.75) is 32.1 Å². The SMILES string of the molecule is CNC(=O)c1c(NC(=O)c2cc(-c3cccs3)nc3ccccc23)sc2c1CCCCC2. The molecule has 0 spiro atoms. The van der Waals surface area contributed by atoms with Gasteiger partial charge >= 0.3 is 0 Å². The van der Waals surface area contributed by atoms with E-state index < -0.39 is 0 Å². The van der Waals surface area contributed by atoms with E-state index in [9.17, 15) is 9.59 Å². The Morgan fingerprint density at radius 2 is 1.84 bits per heavy atom. The summed E-state index contributed by atoms with van der Waals surface area (Å²) in [5.41, 5.74) is 3.83. The van der Waals surface area contributed by atoms with Gasteiger partial charge in [0.1, 0.15) is 5.00 Å². The van der Waals surface area contributed by atoms with E-state index in [2.05, 4.69) is 10.6 Å². The molecule has 32 heavy (non-hydrogen) atoms. The number of nitrogens with zero attached hydrogens (tertiary/aromatic N) is 1. The molecule has 0 saturated heterocycles. The summed E-state index contributed by atoms with van der Waals surface area (Å²) in [5, 5.41) is 9.27. The Labute approximate surface area is 194 Å². The normalized spacial score (nSPS) is 13.4. The second-order valence-corrected chi connectivity index (χ2v) is 9.90. The van der Waals surface area contributed by atoms with Crippen LogP contribution in [0.3, 0.4) is 0 Å². The van der Waals surface area contributed by atoms with Gasteiger partial charge in [0.05, 0.1) is 27.2 Å². The van der Waals surface area contributed by atoms with E-state index in [4.69, 9.17) is 4.98 Å². The van der Waals surface area contributed by atoms with E-state index >= 15 is 0 Å². The van der Waals surface area contributed by atoms with Crippen LogP contribution in [0, 0.1) is 0 Å². The topological polar surface area (TPSA) is 71.1 Å². The molecule has 2 N–H and O–H groups in total. The summed E-state index contributed by atoms with van der Waals surface area (Å²) in [6.45, 7) is 0. The summed E-state index contributed by atoms with van der Waals surface area (Å²) in [7, 11) is 1.64. The number of thiophene rings is 2. The van der Waals surface area contributed by atoms with E-state index in [1.54, 1.807) is 29.7 Å². The maximum Gasteiger partial charge on any atom is 0.257 e. The van der Waals surface area contributed by atoms with Crippen molar-refractivity contribution in [3.63, 3.8) is 0 Å². The molecule has 5 rings (SSSR count). The zero-order valence-corrected chi connectivity index (χ0v) is 19.4. The lowest BCUT2D eigenvalue weighted by Crippen LogP contribution is -2.22. The standard InChI is InChI=1S/C25H23N3O2S2/c1-26-24(30)22-16-9-3-2-4-11-20(16)32-25(22)28-23(29)17-14-19(21-12-7-13-31-21)27-18-10-6-5-8-15(17)18/h5-8,10,12-14H,2-4,9,11H2,1H3,(H,26,30)(H,28,29). The highest BCUT2D eigenvalue weighted by atomic mass is 32.1. The molecule has 1 aliphatic rings. The molecule has 162 valence electrons. The van der Waals surface area contributed by atoms with Gasteiger partial charge in [-0.3, -0.25) is 9.59 Å². The van der Waals surface area contributed by atoms with Crippen LogP contribution in [0.1, 0.15) is 50.4 Å². The first-order valence-corrected chi connectivity index (χ1v) is 12.5. The number of anilines is 1. The molecule has 3 heterocycles. The van der Waals surface area contributed by atoms with Crippen molar-refractivity contribution >= 4 is 50.4 Å². The number of amides is 2. The second-order valence-electron chi connectivity index (χ2n) is 7.85. The van der Waals surface area contributed by atoms with Crippen molar-refractivity contribution in [2.75, 3.05) is 12.4 Å². The lowest BCUT2D eigenvalue weighted by molar-refractivity contribution is 0.0963. The number of carbonyl (C=O) groups is 2. The van der Waals surface area contributed by atoms with E-state index in [-0.39, 0.29) is 11.8 Å². The van der Waals surface area contributed by atoms with Gasteiger partial charge < -0.3 is 10.6 Å². The zero-order valence-electron chi connectivity index (χ0n) is 17.7. The minimum absolute atomic E-state index is 0.140. The molecule has 0 bridgehead atoms. The highest BCUT2D eigenvalue weighted by Gasteiger charge is 2.26. The van der Waals surface area contributed by atoms with Gasteiger partial charge in [-0.2, -0.15) is 0 Å². The summed E-state index contributed by atoms with van der Waals surface area (Å²) in [5.74, 6) is -0.360. The lowest BCUT2D eigenvalue weighted by Gasteiger charge is -2.11. The first-order chi connectivity index (χ1) is 15.7. The van der Waals surface area contributed by atoms with Gasteiger partial charge in [-0.25, -0.2) is 4.98 Å². The van der Waals surface area contributed by atoms with E-state index in [1.807, 2.05) is 47.8 Å². The van der Waals surface area contributed by atoms with E-state index in [0.29, 0.717) is 16.1 Å². The highest BCUT2D eigenvalue weighted by Crippen LogP contribution is 2.38. The number of para-hydroxylation sites is 1. The van der Waals surface area contributed by atoms with Crippen molar-refractivity contribution < 1.29 is 9.59 Å². The van der Waals surface area contributed by atoms with Gasteiger partial charge in [0, 0.05) is 17.3 Å². The van der Waals surface area contributed by atoms with Crippen molar-refractivity contribution in [1.82, 2.24) is 10.3 Å². The predicted octanol–water partition coefficient (Wildman–Crippen LogP) is 5.91. The molecule has 0 aliphatic heterocycles. The van der Waals surface area contributed by atoms with Crippen molar-refractivity contribution in [3.05, 3.63) is 69.4 Å². The third-order valence-electron chi connectivity index (χ3n) is 5.84. The molecule has 2 amide bonds. The quantitative estimate of drug-likeness (QED) is 0.371. The molecule has 0 atom stereocenters. The Balaban J connectivity index is 1.58. The number of rotatable bonds is 4. The predicted molar refractivity (Wildman–Crippen MR) is 132 cm³/mol. The van der Waals surface area contributed by atoms with Crippen LogP contribution in [0.5, 0.6) is 0 Å². The van der Waals surface area contributed by atoms with Gasteiger partial charge in [0.2, 0.25) is 0 Å². The number of benzene rings is 1. The average molecular weight is 462 g/mol. The summed E-state index contributed by atoms with van der Waals surface area (Å²) >= 11 is 3.14. The molecule has 1 aliphatic carbocycles. The molecule has 0 fully saturated rings. The highest BCUT2D eigenvalue weighted by molar-refractivity contribution is 7.17. The van der Waals surface area contributed by atoms with Gasteiger partial charge in [0.15, 0.2) is 0 Å². The molecule has 3 aromatic heterocycles. The fourth-order valence-corrected chi connectivity index (χ4v) is 6.25. The number of carbonyl (C=O) groups excluding carboxylic acids is 2. The number of pyridine rings is 1. The summed E-state index contributed by atoms with van der Waals surface area (Å²) in [6.07, 6.45) is 5.20. The Kier molecular flexibility index (Phi) is 5.76. The van der Waals surface area contributed by atoms with Crippen LogP contribution < -0.4 is 10.6 Å². The smallest absolute Gasteiger partial charge is 0.257 e. The molecule has 5 nitrogen and oxygen atoms in total. The Morgan fingerprint density at radius 3 is 2.66 bits per heavy atom. The first kappa shape index (κ1) is 20.8. The van der Waals surface area contributed by atoms with Crippen LogP contribution in [-0.4, -0.2) is 23.8 Å². The second kappa shape index (κ2) is 8.84. The van der Waals surface area contributed by atoms with Gasteiger partial charge in [-0.15, -0.1) is 22.7 Å². The van der Waals surface area contributed by atoms with E-state index in [1.165, 1.54) is 11.3 Å².